The molecule has 5 rings (SSSR count). The average Bonchev–Trinajstić information content (AvgIpc) is 3.17. The summed E-state index contributed by atoms with van der Waals surface area (Å²) < 4.78 is 44.7. The summed E-state index contributed by atoms with van der Waals surface area (Å²) in [5.41, 5.74) is -0.313. The molecule has 0 radical (unpaired) electrons. The van der Waals surface area contributed by atoms with Gasteiger partial charge in [0.25, 0.3) is 11.3 Å². The summed E-state index contributed by atoms with van der Waals surface area (Å²) in [7, 11) is 0. The molecular formula is C20H11F3N6O. The molecule has 0 saturated carbocycles. The van der Waals surface area contributed by atoms with Crippen LogP contribution in [-0.2, 0) is 5.92 Å². The number of H-pyrrole nitrogens is 1. The lowest BCUT2D eigenvalue weighted by molar-refractivity contribution is 0.0307. The van der Waals surface area contributed by atoms with E-state index in [-0.39, 0.29) is 22.6 Å². The molecule has 0 bridgehead atoms. The van der Waals surface area contributed by atoms with Gasteiger partial charge in [0, 0.05) is 22.7 Å². The number of nitrogens with zero attached hydrogens (tertiary/aromatic N) is 5. The molecule has 30 heavy (non-hydrogen) atoms. The molecule has 5 aromatic rings. The van der Waals surface area contributed by atoms with Crippen molar-refractivity contribution in [2.75, 3.05) is 0 Å². The maximum Gasteiger partial charge on any atom is 0.333 e. The molecule has 0 fully saturated rings. The quantitative estimate of drug-likeness (QED) is 0.495. The Bertz CT molecular complexity index is 1460. The van der Waals surface area contributed by atoms with Crippen LogP contribution in [0.5, 0.6) is 0 Å². The van der Waals surface area contributed by atoms with Gasteiger partial charge in [-0.15, -0.1) is 10.2 Å². The SMILES string of the molecule is O=c1[nH]c2nnc(C(F)(F)c3ccc4ncccc4c3)n2nc1-c1ccc(F)cc1. The lowest BCUT2D eigenvalue weighted by Gasteiger charge is -2.15. The number of aromatic amines is 1. The van der Waals surface area contributed by atoms with Gasteiger partial charge in [0.2, 0.25) is 5.82 Å². The van der Waals surface area contributed by atoms with E-state index in [1.807, 2.05) is 0 Å². The lowest BCUT2D eigenvalue weighted by Crippen LogP contribution is -2.22. The van der Waals surface area contributed by atoms with Crippen molar-refractivity contribution in [1.29, 1.82) is 0 Å². The predicted octanol–water partition coefficient (Wildman–Crippen LogP) is 3.31. The van der Waals surface area contributed by atoms with Crippen molar-refractivity contribution in [3.63, 3.8) is 0 Å². The fourth-order valence-electron chi connectivity index (χ4n) is 3.15. The molecule has 0 unspecified atom stereocenters. The molecule has 0 atom stereocenters. The van der Waals surface area contributed by atoms with Gasteiger partial charge in [0.05, 0.1) is 5.52 Å². The summed E-state index contributed by atoms with van der Waals surface area (Å²) in [6, 6.07) is 12.3. The Hall–Kier alpha value is -4.08. The topological polar surface area (TPSA) is 88.8 Å². The van der Waals surface area contributed by atoms with Crippen molar-refractivity contribution in [2.24, 2.45) is 0 Å². The standard InChI is InChI=1S/C20H11F3N6O/c21-14-6-3-11(4-7-14)16-17(30)25-19-27-26-18(29(19)28-16)20(22,23)13-5-8-15-12(10-13)2-1-9-24-15/h1-10H,(H,25,27,30). The molecule has 0 aliphatic heterocycles. The summed E-state index contributed by atoms with van der Waals surface area (Å²) in [5, 5.41) is 11.8. The van der Waals surface area contributed by atoms with Crippen LogP contribution in [0.25, 0.3) is 27.9 Å². The number of rotatable bonds is 3. The second kappa shape index (κ2) is 6.48. The van der Waals surface area contributed by atoms with E-state index < -0.39 is 23.1 Å². The summed E-state index contributed by atoms with van der Waals surface area (Å²) >= 11 is 0. The van der Waals surface area contributed by atoms with Crippen molar-refractivity contribution in [1.82, 2.24) is 29.8 Å². The van der Waals surface area contributed by atoms with E-state index in [0.29, 0.717) is 10.9 Å². The van der Waals surface area contributed by atoms with Gasteiger partial charge in [-0.25, -0.2) is 4.39 Å². The highest BCUT2D eigenvalue weighted by Crippen LogP contribution is 2.35. The molecule has 148 valence electrons. The number of halogens is 3. The molecule has 0 amide bonds. The molecule has 0 saturated heterocycles. The first-order valence-electron chi connectivity index (χ1n) is 8.79. The van der Waals surface area contributed by atoms with E-state index in [1.165, 1.54) is 30.3 Å². The zero-order valence-electron chi connectivity index (χ0n) is 15.1. The van der Waals surface area contributed by atoms with Crippen molar-refractivity contribution < 1.29 is 13.2 Å². The maximum atomic E-state index is 15.3. The number of pyridine rings is 1. The third-order valence-corrected chi connectivity index (χ3v) is 4.65. The minimum Gasteiger partial charge on any atom is -0.288 e. The smallest absolute Gasteiger partial charge is 0.288 e. The van der Waals surface area contributed by atoms with E-state index in [9.17, 15) is 9.18 Å². The van der Waals surface area contributed by atoms with Gasteiger partial charge in [-0.3, -0.25) is 14.8 Å². The van der Waals surface area contributed by atoms with Crippen molar-refractivity contribution >= 4 is 16.7 Å². The van der Waals surface area contributed by atoms with E-state index >= 15 is 8.78 Å². The zero-order chi connectivity index (χ0) is 20.9. The lowest BCUT2D eigenvalue weighted by atomic mass is 10.0. The maximum absolute atomic E-state index is 15.3. The Morgan fingerprint density at radius 2 is 1.80 bits per heavy atom. The van der Waals surface area contributed by atoms with E-state index in [0.717, 1.165) is 16.6 Å². The molecular weight excluding hydrogens is 397 g/mol. The second-order valence-corrected chi connectivity index (χ2v) is 6.55. The van der Waals surface area contributed by atoms with Crippen LogP contribution in [0.1, 0.15) is 11.4 Å². The van der Waals surface area contributed by atoms with Crippen LogP contribution < -0.4 is 5.56 Å². The highest BCUT2D eigenvalue weighted by molar-refractivity contribution is 5.79. The normalized spacial score (nSPS) is 12.0. The molecule has 0 spiro atoms. The third-order valence-electron chi connectivity index (χ3n) is 4.65. The summed E-state index contributed by atoms with van der Waals surface area (Å²) in [4.78, 5) is 18.8. The highest BCUT2D eigenvalue weighted by atomic mass is 19.3. The summed E-state index contributed by atoms with van der Waals surface area (Å²) in [5.74, 6) is -5.06. The summed E-state index contributed by atoms with van der Waals surface area (Å²) in [6.07, 6.45) is 1.57. The van der Waals surface area contributed by atoms with Crippen LogP contribution in [0.3, 0.4) is 0 Å². The molecule has 3 aromatic heterocycles. The number of alkyl halides is 2. The Labute approximate surface area is 165 Å². The number of nitrogens with one attached hydrogen (secondary N) is 1. The van der Waals surface area contributed by atoms with Crippen LogP contribution in [0, 0.1) is 5.82 Å². The van der Waals surface area contributed by atoms with Crippen molar-refractivity contribution in [3.05, 3.63) is 88.4 Å². The zero-order valence-corrected chi connectivity index (χ0v) is 15.1. The number of hydrogen-bond acceptors (Lipinski definition) is 5. The minimum atomic E-state index is -3.56. The van der Waals surface area contributed by atoms with Crippen LogP contribution >= 0.6 is 0 Å². The average molecular weight is 408 g/mol. The monoisotopic (exact) mass is 408 g/mol. The molecule has 10 heteroatoms. The molecule has 2 aromatic carbocycles. The van der Waals surface area contributed by atoms with Crippen LogP contribution in [0.15, 0.2) is 65.6 Å². The van der Waals surface area contributed by atoms with E-state index in [2.05, 4.69) is 25.3 Å². The fourth-order valence-corrected chi connectivity index (χ4v) is 3.15. The van der Waals surface area contributed by atoms with Crippen LogP contribution in [0.2, 0.25) is 0 Å². The Morgan fingerprint density at radius 1 is 1.00 bits per heavy atom. The molecule has 7 nitrogen and oxygen atoms in total. The molecule has 0 aliphatic rings. The summed E-state index contributed by atoms with van der Waals surface area (Å²) in [6.45, 7) is 0. The van der Waals surface area contributed by atoms with Gasteiger partial charge < -0.3 is 0 Å². The van der Waals surface area contributed by atoms with E-state index in [1.54, 1.807) is 18.3 Å². The second-order valence-electron chi connectivity index (χ2n) is 6.55. The van der Waals surface area contributed by atoms with Crippen molar-refractivity contribution in [3.8, 4) is 11.3 Å². The number of benzene rings is 2. The minimum absolute atomic E-state index is 0.165. The largest absolute Gasteiger partial charge is 0.333 e. The highest BCUT2D eigenvalue weighted by Gasteiger charge is 2.40. The first-order valence-corrected chi connectivity index (χ1v) is 8.79. The molecule has 3 heterocycles. The number of aromatic nitrogens is 6. The first kappa shape index (κ1) is 18.0. The Kier molecular flexibility index (Phi) is 3.88. The van der Waals surface area contributed by atoms with Gasteiger partial charge >= 0.3 is 5.92 Å². The predicted molar refractivity (Wildman–Crippen MR) is 102 cm³/mol. The molecule has 1 N–H and O–H groups in total. The fraction of sp³-hybridized carbons (Fsp3) is 0.0500. The Morgan fingerprint density at radius 3 is 2.60 bits per heavy atom. The van der Waals surface area contributed by atoms with E-state index in [4.69, 9.17) is 0 Å². The van der Waals surface area contributed by atoms with Gasteiger partial charge in [0.15, 0.2) is 5.69 Å². The van der Waals surface area contributed by atoms with Gasteiger partial charge in [-0.2, -0.15) is 18.4 Å². The number of hydrogen-bond donors (Lipinski definition) is 1. The molecule has 0 aliphatic carbocycles. The van der Waals surface area contributed by atoms with Gasteiger partial charge in [-0.1, -0.05) is 12.1 Å². The third kappa shape index (κ3) is 2.81. The van der Waals surface area contributed by atoms with Crippen molar-refractivity contribution in [2.45, 2.75) is 5.92 Å². The first-order chi connectivity index (χ1) is 14.4. The Balaban J connectivity index is 1.68. The van der Waals surface area contributed by atoms with Gasteiger partial charge in [0.1, 0.15) is 5.82 Å². The van der Waals surface area contributed by atoms with Gasteiger partial charge in [-0.05, 0) is 42.5 Å². The van der Waals surface area contributed by atoms with Crippen LogP contribution in [-0.4, -0.2) is 29.8 Å². The van der Waals surface area contributed by atoms with Crippen LogP contribution in [0.4, 0.5) is 13.2 Å². The number of fused-ring (bicyclic) bond motifs is 2.